The van der Waals surface area contributed by atoms with E-state index in [2.05, 4.69) is 15.9 Å². The Bertz CT molecular complexity index is 367. The number of hydrogen-bond acceptors (Lipinski definition) is 3. The predicted octanol–water partition coefficient (Wildman–Crippen LogP) is 3.48. The molecule has 3 nitrogen and oxygen atoms in total. The van der Waals surface area contributed by atoms with Crippen LogP contribution in [-0.2, 0) is 9.53 Å². The van der Waals surface area contributed by atoms with E-state index in [4.69, 9.17) is 22.1 Å². The number of hydrogen-bond donors (Lipinski definition) is 1. The maximum absolute atomic E-state index is 11.2. The third-order valence-electron chi connectivity index (χ3n) is 2.00. The lowest BCUT2D eigenvalue weighted by molar-refractivity contribution is -0.143. The van der Waals surface area contributed by atoms with Gasteiger partial charge in [-0.1, -0.05) is 27.5 Å². The van der Waals surface area contributed by atoms with Crippen molar-refractivity contribution in [2.75, 3.05) is 6.61 Å². The van der Waals surface area contributed by atoms with E-state index in [0.29, 0.717) is 11.6 Å². The number of rotatable bonds is 4. The standard InChI is InChI=1S/C11H13BrClNO2.ClH/c1-2-16-11(15)6-10(14)7-3-8(12)5-9(13)4-7;/h3-5,10H,2,6,14H2,1H3;1H/t10-;/m0./s1. The van der Waals surface area contributed by atoms with E-state index in [-0.39, 0.29) is 24.8 Å². The number of carbonyl (C=O) groups excluding carboxylic acids is 1. The Morgan fingerprint density at radius 2 is 2.18 bits per heavy atom. The summed E-state index contributed by atoms with van der Waals surface area (Å²) in [6.07, 6.45) is 0.153. The molecule has 1 aromatic carbocycles. The molecule has 96 valence electrons. The van der Waals surface area contributed by atoms with E-state index in [0.717, 1.165) is 10.0 Å². The third-order valence-corrected chi connectivity index (χ3v) is 2.68. The van der Waals surface area contributed by atoms with Crippen LogP contribution in [0.1, 0.15) is 24.9 Å². The lowest BCUT2D eigenvalue weighted by atomic mass is 10.1. The van der Waals surface area contributed by atoms with Crippen molar-refractivity contribution in [3.8, 4) is 0 Å². The molecule has 0 spiro atoms. The summed E-state index contributed by atoms with van der Waals surface area (Å²) in [5.41, 5.74) is 6.70. The van der Waals surface area contributed by atoms with Gasteiger partial charge in [-0.3, -0.25) is 4.79 Å². The van der Waals surface area contributed by atoms with Gasteiger partial charge < -0.3 is 10.5 Å². The van der Waals surface area contributed by atoms with E-state index < -0.39 is 6.04 Å². The van der Waals surface area contributed by atoms with Gasteiger partial charge in [0.25, 0.3) is 0 Å². The molecule has 0 heterocycles. The van der Waals surface area contributed by atoms with Crippen molar-refractivity contribution >= 4 is 45.9 Å². The Hall–Kier alpha value is -0.290. The summed E-state index contributed by atoms with van der Waals surface area (Å²) in [7, 11) is 0. The Morgan fingerprint density at radius 1 is 1.53 bits per heavy atom. The summed E-state index contributed by atoms with van der Waals surface area (Å²) in [6, 6.07) is 4.96. The monoisotopic (exact) mass is 341 g/mol. The molecule has 6 heteroatoms. The molecule has 0 amide bonds. The van der Waals surface area contributed by atoms with Gasteiger partial charge in [0.2, 0.25) is 0 Å². The fraction of sp³-hybridized carbons (Fsp3) is 0.364. The van der Waals surface area contributed by atoms with Crippen molar-refractivity contribution < 1.29 is 9.53 Å². The molecule has 0 radical (unpaired) electrons. The first-order valence-electron chi connectivity index (χ1n) is 4.90. The van der Waals surface area contributed by atoms with Crippen LogP contribution in [0.5, 0.6) is 0 Å². The van der Waals surface area contributed by atoms with Crippen molar-refractivity contribution in [2.45, 2.75) is 19.4 Å². The van der Waals surface area contributed by atoms with Gasteiger partial charge in [-0.05, 0) is 30.7 Å². The summed E-state index contributed by atoms with van der Waals surface area (Å²) in [4.78, 5) is 11.2. The quantitative estimate of drug-likeness (QED) is 0.852. The van der Waals surface area contributed by atoms with E-state index in [1.54, 1.807) is 19.1 Å². The fourth-order valence-electron chi connectivity index (χ4n) is 1.31. The maximum Gasteiger partial charge on any atom is 0.307 e. The van der Waals surface area contributed by atoms with Gasteiger partial charge in [-0.2, -0.15) is 0 Å². The Labute approximate surface area is 120 Å². The van der Waals surface area contributed by atoms with E-state index in [9.17, 15) is 4.79 Å². The molecular formula is C11H14BrCl2NO2. The molecule has 0 bridgehead atoms. The van der Waals surface area contributed by atoms with Crippen LogP contribution >= 0.6 is 39.9 Å². The van der Waals surface area contributed by atoms with E-state index >= 15 is 0 Å². The summed E-state index contributed by atoms with van der Waals surface area (Å²) >= 11 is 9.21. The van der Waals surface area contributed by atoms with E-state index in [1.807, 2.05) is 6.07 Å². The smallest absolute Gasteiger partial charge is 0.307 e. The van der Waals surface area contributed by atoms with Crippen LogP contribution in [0, 0.1) is 0 Å². The molecule has 0 aliphatic heterocycles. The van der Waals surface area contributed by atoms with Crippen LogP contribution in [0.2, 0.25) is 5.02 Å². The normalized spacial score (nSPS) is 11.5. The highest BCUT2D eigenvalue weighted by Crippen LogP contribution is 2.24. The molecule has 0 aromatic heterocycles. The van der Waals surface area contributed by atoms with Gasteiger partial charge in [0.05, 0.1) is 13.0 Å². The van der Waals surface area contributed by atoms with Crippen LogP contribution in [0.4, 0.5) is 0 Å². The van der Waals surface area contributed by atoms with Crippen molar-refractivity contribution in [2.24, 2.45) is 5.73 Å². The lowest BCUT2D eigenvalue weighted by Crippen LogP contribution is -2.17. The second-order valence-electron chi connectivity index (χ2n) is 3.32. The number of halogens is 3. The average molecular weight is 343 g/mol. The van der Waals surface area contributed by atoms with Gasteiger partial charge in [-0.25, -0.2) is 0 Å². The van der Waals surface area contributed by atoms with Crippen molar-refractivity contribution in [1.29, 1.82) is 0 Å². The van der Waals surface area contributed by atoms with Gasteiger partial charge in [0.15, 0.2) is 0 Å². The number of ether oxygens (including phenoxy) is 1. The van der Waals surface area contributed by atoms with Crippen molar-refractivity contribution in [1.82, 2.24) is 0 Å². The minimum Gasteiger partial charge on any atom is -0.466 e. The minimum atomic E-state index is -0.394. The maximum atomic E-state index is 11.2. The zero-order valence-electron chi connectivity index (χ0n) is 9.28. The summed E-state index contributed by atoms with van der Waals surface area (Å²) < 4.78 is 5.67. The number of nitrogens with two attached hydrogens (primary N) is 1. The number of carbonyl (C=O) groups is 1. The molecule has 1 atom stereocenters. The molecule has 1 rings (SSSR count). The minimum absolute atomic E-state index is 0. The Kier molecular flexibility index (Phi) is 7.79. The highest BCUT2D eigenvalue weighted by Gasteiger charge is 2.13. The van der Waals surface area contributed by atoms with Crippen LogP contribution in [0.15, 0.2) is 22.7 Å². The van der Waals surface area contributed by atoms with Gasteiger partial charge >= 0.3 is 5.97 Å². The van der Waals surface area contributed by atoms with Crippen LogP contribution in [0.3, 0.4) is 0 Å². The highest BCUT2D eigenvalue weighted by molar-refractivity contribution is 9.10. The first-order chi connectivity index (χ1) is 7.52. The average Bonchev–Trinajstić information content (AvgIpc) is 2.16. The van der Waals surface area contributed by atoms with Crippen LogP contribution in [-0.4, -0.2) is 12.6 Å². The predicted molar refractivity (Wildman–Crippen MR) is 74.6 cm³/mol. The molecule has 0 fully saturated rings. The Balaban J connectivity index is 0.00000256. The molecule has 2 N–H and O–H groups in total. The highest BCUT2D eigenvalue weighted by atomic mass is 79.9. The fourth-order valence-corrected chi connectivity index (χ4v) is 2.19. The number of esters is 1. The van der Waals surface area contributed by atoms with Crippen molar-refractivity contribution in [3.63, 3.8) is 0 Å². The van der Waals surface area contributed by atoms with Gasteiger partial charge in [0.1, 0.15) is 0 Å². The lowest BCUT2D eigenvalue weighted by Gasteiger charge is -2.12. The zero-order valence-corrected chi connectivity index (χ0v) is 12.4. The molecule has 0 aliphatic carbocycles. The molecule has 1 aromatic rings. The summed E-state index contributed by atoms with van der Waals surface area (Å²) in [5, 5.41) is 0.587. The molecule has 0 saturated heterocycles. The topological polar surface area (TPSA) is 52.3 Å². The third kappa shape index (κ3) is 5.73. The summed E-state index contributed by atoms with van der Waals surface area (Å²) in [5.74, 6) is -0.300. The SMILES string of the molecule is CCOC(=O)C[C@H](N)c1cc(Cl)cc(Br)c1.Cl. The van der Waals surface area contributed by atoms with Gasteiger partial charge in [0, 0.05) is 15.5 Å². The first-order valence-corrected chi connectivity index (χ1v) is 6.07. The second-order valence-corrected chi connectivity index (χ2v) is 4.67. The molecule has 0 unspecified atom stereocenters. The van der Waals surface area contributed by atoms with E-state index in [1.165, 1.54) is 0 Å². The second kappa shape index (κ2) is 7.93. The molecule has 0 saturated carbocycles. The zero-order chi connectivity index (χ0) is 12.1. The molecule has 17 heavy (non-hydrogen) atoms. The summed E-state index contributed by atoms with van der Waals surface area (Å²) in [6.45, 7) is 2.13. The van der Waals surface area contributed by atoms with Crippen molar-refractivity contribution in [3.05, 3.63) is 33.3 Å². The van der Waals surface area contributed by atoms with Crippen LogP contribution in [0.25, 0.3) is 0 Å². The van der Waals surface area contributed by atoms with Crippen LogP contribution < -0.4 is 5.73 Å². The Morgan fingerprint density at radius 3 is 2.71 bits per heavy atom. The molecular weight excluding hydrogens is 329 g/mol. The molecule has 0 aliphatic rings. The first kappa shape index (κ1) is 16.7. The van der Waals surface area contributed by atoms with Gasteiger partial charge in [-0.15, -0.1) is 12.4 Å². The number of benzene rings is 1. The largest absolute Gasteiger partial charge is 0.466 e.